The van der Waals surface area contributed by atoms with Gasteiger partial charge < -0.3 is 13.3 Å². The Bertz CT molecular complexity index is 206. The maximum atomic E-state index is 4.13. The zero-order chi connectivity index (χ0) is 11.9. The molecule has 1 saturated carbocycles. The van der Waals surface area contributed by atoms with Crippen molar-refractivity contribution in [3.63, 3.8) is 0 Å². The SMILES string of the molecule is [CH2-]CC(C1CC1[CH-]C(C)(C)C)C(C)(C)C.[Y]. The topological polar surface area (TPSA) is 0 Å². The molecule has 93 valence electrons. The predicted octanol–water partition coefficient (Wildman–Crippen LogP) is 4.76. The van der Waals surface area contributed by atoms with E-state index >= 15 is 0 Å². The van der Waals surface area contributed by atoms with Gasteiger partial charge in [0.15, 0.2) is 0 Å². The van der Waals surface area contributed by atoms with Crippen LogP contribution >= 0.6 is 0 Å². The van der Waals surface area contributed by atoms with E-state index in [2.05, 4.69) is 54.9 Å². The summed E-state index contributed by atoms with van der Waals surface area (Å²) in [5.41, 5.74) is 0.801. The number of hydrogen-bond donors (Lipinski definition) is 0. The van der Waals surface area contributed by atoms with Crippen molar-refractivity contribution in [1.29, 1.82) is 0 Å². The Morgan fingerprint density at radius 1 is 1.19 bits per heavy atom. The number of hydrogen-bond acceptors (Lipinski definition) is 0. The fraction of sp³-hybridized carbons (Fsp3) is 0.867. The van der Waals surface area contributed by atoms with E-state index in [1.165, 1.54) is 6.42 Å². The molecular formula is C15H28Y-2. The molecule has 16 heavy (non-hydrogen) atoms. The van der Waals surface area contributed by atoms with E-state index in [4.69, 9.17) is 0 Å². The van der Waals surface area contributed by atoms with Gasteiger partial charge in [0.25, 0.3) is 0 Å². The van der Waals surface area contributed by atoms with Crippen molar-refractivity contribution in [2.24, 2.45) is 28.6 Å². The molecular weight excluding hydrogens is 269 g/mol. The Kier molecular flexibility index (Phi) is 6.23. The van der Waals surface area contributed by atoms with Crippen molar-refractivity contribution in [3.8, 4) is 0 Å². The Labute approximate surface area is 128 Å². The molecule has 0 aliphatic heterocycles. The summed E-state index contributed by atoms with van der Waals surface area (Å²) in [5.74, 6) is 2.55. The predicted molar refractivity (Wildman–Crippen MR) is 68.3 cm³/mol. The standard InChI is InChI=1S/C15H28.Y/c1-8-13(15(5,6)7)12-9-11(12)10-14(2,3)4;/h10-13H,1,8-9H2,2-7H3;/q-2;. The van der Waals surface area contributed by atoms with Gasteiger partial charge in [-0.3, -0.25) is 0 Å². The van der Waals surface area contributed by atoms with Gasteiger partial charge >= 0.3 is 0 Å². The molecule has 0 aromatic rings. The quantitative estimate of drug-likeness (QED) is 0.659. The molecule has 1 radical (unpaired) electrons. The third-order valence-corrected chi connectivity index (χ3v) is 3.55. The molecule has 1 aliphatic carbocycles. The molecule has 1 aliphatic rings. The molecule has 0 aromatic carbocycles. The van der Waals surface area contributed by atoms with Crippen LogP contribution in [0.1, 0.15) is 54.4 Å². The molecule has 1 rings (SSSR count). The van der Waals surface area contributed by atoms with Gasteiger partial charge in [0.2, 0.25) is 0 Å². The van der Waals surface area contributed by atoms with E-state index in [0.717, 1.165) is 24.2 Å². The van der Waals surface area contributed by atoms with E-state index < -0.39 is 0 Å². The average molecular weight is 297 g/mol. The summed E-state index contributed by atoms with van der Waals surface area (Å²) >= 11 is 0. The summed E-state index contributed by atoms with van der Waals surface area (Å²) in [4.78, 5) is 0. The fourth-order valence-electron chi connectivity index (χ4n) is 2.82. The normalized spacial score (nSPS) is 27.2. The van der Waals surface area contributed by atoms with E-state index in [1.807, 2.05) is 0 Å². The first-order chi connectivity index (χ1) is 6.65. The molecule has 1 fully saturated rings. The summed E-state index contributed by atoms with van der Waals surface area (Å²) in [7, 11) is 0. The van der Waals surface area contributed by atoms with Crippen molar-refractivity contribution in [1.82, 2.24) is 0 Å². The molecule has 0 bridgehead atoms. The summed E-state index contributed by atoms with van der Waals surface area (Å²) in [6.45, 7) is 18.1. The van der Waals surface area contributed by atoms with E-state index in [0.29, 0.717) is 10.8 Å². The van der Waals surface area contributed by atoms with E-state index in [-0.39, 0.29) is 32.7 Å². The molecule has 0 spiro atoms. The van der Waals surface area contributed by atoms with Crippen LogP contribution < -0.4 is 0 Å². The molecule has 0 aromatic heterocycles. The van der Waals surface area contributed by atoms with Crippen LogP contribution in [0.2, 0.25) is 0 Å². The zero-order valence-corrected chi connectivity index (χ0v) is 14.8. The Balaban J connectivity index is 0.00000225. The van der Waals surface area contributed by atoms with Gasteiger partial charge in [-0.2, -0.15) is 17.8 Å². The van der Waals surface area contributed by atoms with Crippen molar-refractivity contribution >= 4 is 0 Å². The maximum Gasteiger partial charge on any atom is 0 e. The Morgan fingerprint density at radius 2 is 1.69 bits per heavy atom. The van der Waals surface area contributed by atoms with Crippen molar-refractivity contribution in [3.05, 3.63) is 13.3 Å². The van der Waals surface area contributed by atoms with Crippen LogP contribution in [-0.4, -0.2) is 0 Å². The maximum absolute atomic E-state index is 4.13. The van der Waals surface area contributed by atoms with Crippen LogP contribution in [0, 0.1) is 41.9 Å². The minimum atomic E-state index is 0. The van der Waals surface area contributed by atoms with Crippen molar-refractivity contribution in [2.75, 3.05) is 0 Å². The van der Waals surface area contributed by atoms with Gasteiger partial charge in [-0.15, -0.1) is 0 Å². The summed E-state index contributed by atoms with van der Waals surface area (Å²) in [6.07, 6.45) is 5.03. The average Bonchev–Trinajstić information content (AvgIpc) is 2.62. The minimum Gasteiger partial charge on any atom is -0.343 e. The van der Waals surface area contributed by atoms with Gasteiger partial charge in [0, 0.05) is 32.7 Å². The first kappa shape index (κ1) is 17.1. The first-order valence-electron chi connectivity index (χ1n) is 6.30. The first-order valence-corrected chi connectivity index (χ1v) is 6.30. The number of rotatable bonds is 3. The molecule has 0 N–H and O–H groups in total. The van der Waals surface area contributed by atoms with Crippen LogP contribution in [0.15, 0.2) is 0 Å². The summed E-state index contributed by atoms with van der Waals surface area (Å²) in [6, 6.07) is 0. The van der Waals surface area contributed by atoms with Crippen LogP contribution in [0.25, 0.3) is 0 Å². The molecule has 0 nitrogen and oxygen atoms in total. The second kappa shape index (κ2) is 5.83. The van der Waals surface area contributed by atoms with Gasteiger partial charge in [-0.1, -0.05) is 59.8 Å². The molecule has 0 saturated heterocycles. The molecule has 3 unspecified atom stereocenters. The van der Waals surface area contributed by atoms with Crippen molar-refractivity contribution in [2.45, 2.75) is 54.4 Å². The third-order valence-electron chi connectivity index (χ3n) is 3.55. The van der Waals surface area contributed by atoms with Gasteiger partial charge in [0.05, 0.1) is 0 Å². The van der Waals surface area contributed by atoms with Crippen LogP contribution in [0.5, 0.6) is 0 Å². The van der Waals surface area contributed by atoms with Gasteiger partial charge in [0.1, 0.15) is 0 Å². The summed E-state index contributed by atoms with van der Waals surface area (Å²) in [5, 5.41) is 0. The monoisotopic (exact) mass is 297 g/mol. The van der Waals surface area contributed by atoms with Crippen LogP contribution in [0.3, 0.4) is 0 Å². The van der Waals surface area contributed by atoms with Crippen molar-refractivity contribution < 1.29 is 32.7 Å². The largest absolute Gasteiger partial charge is 0.343 e. The van der Waals surface area contributed by atoms with E-state index in [9.17, 15) is 0 Å². The summed E-state index contributed by atoms with van der Waals surface area (Å²) < 4.78 is 0. The molecule has 1 heteroatoms. The van der Waals surface area contributed by atoms with Gasteiger partial charge in [-0.05, 0) is 5.41 Å². The van der Waals surface area contributed by atoms with Crippen LogP contribution in [0.4, 0.5) is 0 Å². The molecule has 0 heterocycles. The smallest absolute Gasteiger partial charge is 0 e. The molecule has 3 atom stereocenters. The third kappa shape index (κ3) is 5.17. The molecule has 0 amide bonds. The van der Waals surface area contributed by atoms with Crippen LogP contribution in [-0.2, 0) is 32.7 Å². The Morgan fingerprint density at radius 3 is 2.00 bits per heavy atom. The Hall–Kier alpha value is 1.10. The second-order valence-electron chi connectivity index (χ2n) is 7.36. The zero-order valence-electron chi connectivity index (χ0n) is 12.0. The van der Waals surface area contributed by atoms with E-state index in [1.54, 1.807) is 0 Å². The fourth-order valence-corrected chi connectivity index (χ4v) is 2.82. The minimum absolute atomic E-state index is 0. The second-order valence-corrected chi connectivity index (χ2v) is 7.36. The van der Waals surface area contributed by atoms with Gasteiger partial charge in [-0.25, -0.2) is 0 Å².